The lowest BCUT2D eigenvalue weighted by molar-refractivity contribution is -0.302. The molecule has 0 radical (unpaired) electrons. The second-order valence-electron chi connectivity index (χ2n) is 13.0. The minimum absolute atomic E-state index is 0.138. The van der Waals surface area contributed by atoms with E-state index in [0.717, 1.165) is 32.1 Å². The maximum Gasteiger partial charge on any atom is 0.220 e. The molecule has 0 aromatic rings. The minimum atomic E-state index is -1.54. The number of hydrogen-bond acceptors (Lipinski definition) is 8. The van der Waals surface area contributed by atoms with Crippen molar-refractivity contribution < 1.29 is 39.8 Å². The van der Waals surface area contributed by atoms with Crippen molar-refractivity contribution in [3.8, 4) is 0 Å². The third kappa shape index (κ3) is 19.0. The zero-order chi connectivity index (χ0) is 32.4. The monoisotopic (exact) mass is 632 g/mol. The van der Waals surface area contributed by atoms with E-state index in [9.17, 15) is 30.3 Å². The normalized spacial score (nSPS) is 23.5. The molecule has 1 amide bonds. The van der Waals surface area contributed by atoms with E-state index in [2.05, 4.69) is 12.2 Å². The Morgan fingerprint density at radius 3 is 1.59 bits per heavy atom. The van der Waals surface area contributed by atoms with Crippen LogP contribution in [0.5, 0.6) is 0 Å². The molecule has 7 atom stereocenters. The molecule has 0 aromatic carbocycles. The Hall–Kier alpha value is -0.810. The van der Waals surface area contributed by atoms with Crippen molar-refractivity contribution in [1.29, 1.82) is 0 Å². The predicted octanol–water partition coefficient (Wildman–Crippen LogP) is 5.66. The van der Waals surface area contributed by atoms with E-state index >= 15 is 0 Å². The standard InChI is InChI=1S/C35H69NO8/c1-3-5-7-8-9-10-11-12-13-14-15-16-17-18-19-20-21-22-23-24-29(38)28(36-31(39)25-6-4-2)27-43-35-34(42)33(41)32(40)30(26-37)44-35/h28-30,32-35,37-38,40-42H,3-27H2,1-2H3,(H,36,39). The molecule has 1 saturated heterocycles. The Kier molecular flexibility index (Phi) is 25.6. The van der Waals surface area contributed by atoms with Gasteiger partial charge in [-0.1, -0.05) is 142 Å². The summed E-state index contributed by atoms with van der Waals surface area (Å²) in [5, 5.41) is 53.4. The van der Waals surface area contributed by atoms with Crippen LogP contribution in [0.25, 0.3) is 0 Å². The first kappa shape index (κ1) is 41.2. The molecule has 0 bridgehead atoms. The molecule has 44 heavy (non-hydrogen) atoms. The lowest BCUT2D eigenvalue weighted by Gasteiger charge is -2.40. The van der Waals surface area contributed by atoms with Crippen molar-refractivity contribution in [3.05, 3.63) is 0 Å². The van der Waals surface area contributed by atoms with Gasteiger partial charge >= 0.3 is 0 Å². The van der Waals surface area contributed by atoms with E-state index in [4.69, 9.17) is 9.47 Å². The summed E-state index contributed by atoms with van der Waals surface area (Å²) >= 11 is 0. The number of carbonyl (C=O) groups excluding carboxylic acids is 1. The Morgan fingerprint density at radius 2 is 1.14 bits per heavy atom. The number of hydrogen-bond donors (Lipinski definition) is 6. The van der Waals surface area contributed by atoms with Crippen LogP contribution in [0.1, 0.15) is 162 Å². The highest BCUT2D eigenvalue weighted by Gasteiger charge is 2.44. The summed E-state index contributed by atoms with van der Waals surface area (Å²) < 4.78 is 11.1. The van der Waals surface area contributed by atoms with Crippen LogP contribution in [0.3, 0.4) is 0 Å². The average Bonchev–Trinajstić information content (AvgIpc) is 3.02. The van der Waals surface area contributed by atoms with Crippen molar-refractivity contribution in [3.63, 3.8) is 0 Å². The van der Waals surface area contributed by atoms with Gasteiger partial charge in [-0.05, 0) is 12.8 Å². The first-order valence-electron chi connectivity index (χ1n) is 18.2. The van der Waals surface area contributed by atoms with E-state index in [0.29, 0.717) is 12.8 Å². The summed E-state index contributed by atoms with van der Waals surface area (Å²) in [5.41, 5.74) is 0. The first-order valence-corrected chi connectivity index (χ1v) is 18.2. The molecule has 9 nitrogen and oxygen atoms in total. The number of carbonyl (C=O) groups is 1. The van der Waals surface area contributed by atoms with Crippen LogP contribution in [0.2, 0.25) is 0 Å². The number of ether oxygens (including phenoxy) is 2. The zero-order valence-corrected chi connectivity index (χ0v) is 28.2. The average molecular weight is 632 g/mol. The summed E-state index contributed by atoms with van der Waals surface area (Å²) in [7, 11) is 0. The van der Waals surface area contributed by atoms with Crippen LogP contribution >= 0.6 is 0 Å². The Bertz CT molecular complexity index is 667. The van der Waals surface area contributed by atoms with Gasteiger partial charge in [0.1, 0.15) is 24.4 Å². The number of rotatable bonds is 29. The molecule has 1 aliphatic heterocycles. The first-order chi connectivity index (χ1) is 21.3. The van der Waals surface area contributed by atoms with Gasteiger partial charge in [0.2, 0.25) is 5.91 Å². The molecule has 1 rings (SSSR count). The molecule has 0 saturated carbocycles. The van der Waals surface area contributed by atoms with Gasteiger partial charge in [-0.15, -0.1) is 0 Å². The molecular formula is C35H69NO8. The van der Waals surface area contributed by atoms with Crippen molar-refractivity contribution in [2.75, 3.05) is 13.2 Å². The molecule has 1 aliphatic rings. The van der Waals surface area contributed by atoms with Crippen LogP contribution in [-0.4, -0.2) is 87.5 Å². The molecule has 0 aromatic heterocycles. The van der Waals surface area contributed by atoms with E-state index < -0.39 is 49.5 Å². The smallest absolute Gasteiger partial charge is 0.220 e. The van der Waals surface area contributed by atoms with Crippen LogP contribution in [0.4, 0.5) is 0 Å². The summed E-state index contributed by atoms with van der Waals surface area (Å²) in [4.78, 5) is 12.4. The molecule has 6 N–H and O–H groups in total. The third-order valence-corrected chi connectivity index (χ3v) is 8.96. The SMILES string of the molecule is CCCCCCCCCCCCCCCCCCCCCC(O)C(COC1OC(CO)C(O)C(O)C1O)NC(=O)CCCC. The second-order valence-corrected chi connectivity index (χ2v) is 13.0. The van der Waals surface area contributed by atoms with Crippen molar-refractivity contribution in [2.45, 2.75) is 204 Å². The maximum absolute atomic E-state index is 12.4. The largest absolute Gasteiger partial charge is 0.394 e. The zero-order valence-electron chi connectivity index (χ0n) is 28.2. The summed E-state index contributed by atoms with van der Waals surface area (Å²) in [6.07, 6.45) is 19.4. The van der Waals surface area contributed by atoms with Crippen molar-refractivity contribution in [2.24, 2.45) is 0 Å². The summed E-state index contributed by atoms with van der Waals surface area (Å²) in [5.74, 6) is -0.179. The third-order valence-electron chi connectivity index (χ3n) is 8.96. The van der Waals surface area contributed by atoms with E-state index in [-0.39, 0.29) is 12.5 Å². The quantitative estimate of drug-likeness (QED) is 0.0580. The van der Waals surface area contributed by atoms with E-state index in [1.54, 1.807) is 0 Å². The second kappa shape index (κ2) is 27.3. The highest BCUT2D eigenvalue weighted by Crippen LogP contribution is 2.23. The van der Waals surface area contributed by atoms with Gasteiger partial charge in [0.05, 0.1) is 25.4 Å². The van der Waals surface area contributed by atoms with Gasteiger partial charge in [0.25, 0.3) is 0 Å². The Morgan fingerprint density at radius 1 is 0.682 bits per heavy atom. The van der Waals surface area contributed by atoms with E-state index in [1.165, 1.54) is 103 Å². The van der Waals surface area contributed by atoms with Crippen LogP contribution < -0.4 is 5.32 Å². The summed E-state index contributed by atoms with van der Waals surface area (Å²) in [6, 6.07) is -0.706. The number of aliphatic hydroxyl groups is 5. The molecule has 1 heterocycles. The highest BCUT2D eigenvalue weighted by molar-refractivity contribution is 5.76. The van der Waals surface area contributed by atoms with Crippen LogP contribution in [0, 0.1) is 0 Å². The van der Waals surface area contributed by atoms with Gasteiger partial charge in [0.15, 0.2) is 6.29 Å². The number of nitrogens with one attached hydrogen (secondary N) is 1. The number of aliphatic hydroxyl groups excluding tert-OH is 5. The van der Waals surface area contributed by atoms with Gasteiger partial charge < -0.3 is 40.3 Å². The topological polar surface area (TPSA) is 149 Å². The lowest BCUT2D eigenvalue weighted by atomic mass is 9.99. The predicted molar refractivity (Wildman–Crippen MR) is 175 cm³/mol. The van der Waals surface area contributed by atoms with E-state index in [1.807, 2.05) is 6.92 Å². The van der Waals surface area contributed by atoms with Crippen LogP contribution in [-0.2, 0) is 14.3 Å². The Balaban J connectivity index is 2.19. The van der Waals surface area contributed by atoms with Crippen molar-refractivity contribution >= 4 is 5.91 Å². The van der Waals surface area contributed by atoms with Crippen molar-refractivity contribution in [1.82, 2.24) is 5.32 Å². The summed E-state index contributed by atoms with van der Waals surface area (Å²) in [6.45, 7) is 3.58. The van der Waals surface area contributed by atoms with Gasteiger partial charge in [-0.3, -0.25) is 4.79 Å². The fourth-order valence-electron chi connectivity index (χ4n) is 5.90. The molecule has 1 fully saturated rings. The molecular weight excluding hydrogens is 562 g/mol. The molecule has 7 unspecified atom stereocenters. The van der Waals surface area contributed by atoms with Gasteiger partial charge in [-0.2, -0.15) is 0 Å². The number of unbranched alkanes of at least 4 members (excludes halogenated alkanes) is 19. The minimum Gasteiger partial charge on any atom is -0.394 e. The Labute approximate surface area is 268 Å². The fraction of sp³-hybridized carbons (Fsp3) is 0.971. The maximum atomic E-state index is 12.4. The lowest BCUT2D eigenvalue weighted by Crippen LogP contribution is -2.60. The van der Waals surface area contributed by atoms with Crippen LogP contribution in [0.15, 0.2) is 0 Å². The molecule has 0 aliphatic carbocycles. The molecule has 9 heteroatoms. The van der Waals surface area contributed by atoms with Gasteiger partial charge in [0, 0.05) is 6.42 Å². The number of amides is 1. The highest BCUT2D eigenvalue weighted by atomic mass is 16.7. The fourth-order valence-corrected chi connectivity index (χ4v) is 5.90. The molecule has 0 spiro atoms. The van der Waals surface area contributed by atoms with Gasteiger partial charge in [-0.25, -0.2) is 0 Å². The molecule has 262 valence electrons.